The number of para-hydroxylation sites is 2. The SMILES string of the molecule is c1ccc(-c2ccccc2-c2ccccc2-c2ccccc2-c2ccc(N(c3cccc(-c4cccc5ccccc45)c3)c3cccc4c3oc3ccccc34)cc2)cc1. The van der Waals surface area contributed by atoms with Gasteiger partial charge in [-0.1, -0.05) is 200 Å². The fourth-order valence-electron chi connectivity index (χ4n) is 8.93. The zero-order chi connectivity index (χ0) is 39.8. The highest BCUT2D eigenvalue weighted by atomic mass is 16.3. The third kappa shape index (κ3) is 6.23. The largest absolute Gasteiger partial charge is 0.454 e. The van der Waals surface area contributed by atoms with Crippen LogP contribution >= 0.6 is 0 Å². The predicted molar refractivity (Wildman–Crippen MR) is 253 cm³/mol. The number of hydrogen-bond acceptors (Lipinski definition) is 2. The monoisotopic (exact) mass is 765 g/mol. The number of furan rings is 1. The van der Waals surface area contributed by atoms with Crippen molar-refractivity contribution in [3.8, 4) is 55.6 Å². The smallest absolute Gasteiger partial charge is 0.159 e. The summed E-state index contributed by atoms with van der Waals surface area (Å²) in [5.74, 6) is 0. The van der Waals surface area contributed by atoms with Crippen molar-refractivity contribution in [1.29, 1.82) is 0 Å². The Kier molecular flexibility index (Phi) is 8.87. The van der Waals surface area contributed by atoms with Crippen molar-refractivity contribution in [1.82, 2.24) is 0 Å². The molecule has 10 aromatic carbocycles. The third-order valence-electron chi connectivity index (χ3n) is 11.7. The molecule has 0 aliphatic heterocycles. The molecule has 0 bridgehead atoms. The number of hydrogen-bond donors (Lipinski definition) is 0. The van der Waals surface area contributed by atoms with E-state index < -0.39 is 0 Å². The van der Waals surface area contributed by atoms with Gasteiger partial charge in [0.2, 0.25) is 0 Å². The maximum Gasteiger partial charge on any atom is 0.159 e. The summed E-state index contributed by atoms with van der Waals surface area (Å²) in [5.41, 5.74) is 16.7. The van der Waals surface area contributed by atoms with Crippen LogP contribution in [0.3, 0.4) is 0 Å². The van der Waals surface area contributed by atoms with Crippen LogP contribution < -0.4 is 4.90 Å². The Morgan fingerprint density at radius 1 is 0.283 bits per heavy atom. The Labute approximate surface area is 349 Å². The van der Waals surface area contributed by atoms with E-state index in [9.17, 15) is 0 Å². The summed E-state index contributed by atoms with van der Waals surface area (Å²) < 4.78 is 6.68. The molecule has 0 saturated carbocycles. The first-order chi connectivity index (χ1) is 29.8. The molecule has 0 aliphatic carbocycles. The predicted octanol–water partition coefficient (Wildman–Crippen LogP) is 16.5. The summed E-state index contributed by atoms with van der Waals surface area (Å²) in [6.07, 6.45) is 0. The van der Waals surface area contributed by atoms with Gasteiger partial charge in [-0.05, 0) is 103 Å². The molecule has 0 amide bonds. The summed E-state index contributed by atoms with van der Waals surface area (Å²) in [7, 11) is 0. The molecule has 0 saturated heterocycles. The van der Waals surface area contributed by atoms with Crippen molar-refractivity contribution in [3.63, 3.8) is 0 Å². The molecule has 11 rings (SSSR count). The van der Waals surface area contributed by atoms with Crippen LogP contribution in [-0.2, 0) is 0 Å². The van der Waals surface area contributed by atoms with Gasteiger partial charge < -0.3 is 9.32 Å². The summed E-state index contributed by atoms with van der Waals surface area (Å²) in [6, 6.07) is 84.8. The lowest BCUT2D eigenvalue weighted by atomic mass is 9.87. The second kappa shape index (κ2) is 15.1. The fourth-order valence-corrected chi connectivity index (χ4v) is 8.93. The molecular formula is C58H39NO. The maximum absolute atomic E-state index is 6.68. The van der Waals surface area contributed by atoms with Crippen LogP contribution in [-0.4, -0.2) is 0 Å². The lowest BCUT2D eigenvalue weighted by Gasteiger charge is -2.26. The Balaban J connectivity index is 1.05. The molecule has 0 fully saturated rings. The molecular weight excluding hydrogens is 727 g/mol. The molecule has 0 unspecified atom stereocenters. The van der Waals surface area contributed by atoms with Gasteiger partial charge in [0.05, 0.1) is 5.69 Å². The van der Waals surface area contributed by atoms with E-state index in [-0.39, 0.29) is 0 Å². The van der Waals surface area contributed by atoms with Crippen LogP contribution in [0.2, 0.25) is 0 Å². The summed E-state index contributed by atoms with van der Waals surface area (Å²) in [4.78, 5) is 2.34. The highest BCUT2D eigenvalue weighted by molar-refractivity contribution is 6.10. The Hall–Kier alpha value is -7.94. The summed E-state index contributed by atoms with van der Waals surface area (Å²) in [6.45, 7) is 0. The maximum atomic E-state index is 6.68. The number of anilines is 3. The minimum absolute atomic E-state index is 0.857. The van der Waals surface area contributed by atoms with Gasteiger partial charge in [0.15, 0.2) is 5.58 Å². The van der Waals surface area contributed by atoms with Crippen molar-refractivity contribution < 1.29 is 4.42 Å². The standard InChI is InChI=1S/C58H39NO/c1-2-17-40(18-3-1)47-24-6-8-26-50(47)52-28-10-11-29-53(52)51-27-9-7-25-48(51)42-35-37-44(38-36-42)59(56-33-16-32-55-54-30-12-13-34-57(54)60-58(55)56)45-22-14-21-43(39-45)49-31-15-20-41-19-4-5-23-46(41)49/h1-39H. The molecule has 11 aromatic rings. The van der Waals surface area contributed by atoms with E-state index in [1.807, 2.05) is 6.07 Å². The Bertz CT molecular complexity index is 3320. The van der Waals surface area contributed by atoms with Gasteiger partial charge in [-0.25, -0.2) is 0 Å². The zero-order valence-electron chi connectivity index (χ0n) is 32.9. The first-order valence-electron chi connectivity index (χ1n) is 20.5. The van der Waals surface area contributed by atoms with Crippen molar-refractivity contribution in [2.45, 2.75) is 0 Å². The van der Waals surface area contributed by atoms with Crippen molar-refractivity contribution in [2.75, 3.05) is 4.90 Å². The normalized spacial score (nSPS) is 11.3. The van der Waals surface area contributed by atoms with Crippen LogP contribution in [0.15, 0.2) is 241 Å². The van der Waals surface area contributed by atoms with E-state index in [1.54, 1.807) is 0 Å². The highest BCUT2D eigenvalue weighted by Gasteiger charge is 2.21. The number of rotatable bonds is 8. The lowest BCUT2D eigenvalue weighted by Crippen LogP contribution is -2.10. The minimum Gasteiger partial charge on any atom is -0.454 e. The summed E-state index contributed by atoms with van der Waals surface area (Å²) in [5, 5.41) is 4.66. The fraction of sp³-hybridized carbons (Fsp3) is 0. The molecule has 0 radical (unpaired) electrons. The first kappa shape index (κ1) is 35.2. The second-order valence-corrected chi connectivity index (χ2v) is 15.2. The molecule has 282 valence electrons. The quantitative estimate of drug-likeness (QED) is 0.153. The zero-order valence-corrected chi connectivity index (χ0v) is 32.9. The van der Waals surface area contributed by atoms with Crippen molar-refractivity contribution >= 4 is 49.8 Å². The summed E-state index contributed by atoms with van der Waals surface area (Å²) >= 11 is 0. The van der Waals surface area contributed by atoms with Gasteiger partial charge >= 0.3 is 0 Å². The van der Waals surface area contributed by atoms with Crippen LogP contribution in [0.4, 0.5) is 17.1 Å². The molecule has 1 aromatic heterocycles. The van der Waals surface area contributed by atoms with E-state index in [0.717, 1.165) is 50.1 Å². The molecule has 2 nitrogen and oxygen atoms in total. The molecule has 0 aliphatic rings. The average Bonchev–Trinajstić information content (AvgIpc) is 3.72. The van der Waals surface area contributed by atoms with Crippen molar-refractivity contribution in [2.24, 2.45) is 0 Å². The van der Waals surface area contributed by atoms with Gasteiger partial charge in [-0.3, -0.25) is 0 Å². The van der Waals surface area contributed by atoms with Gasteiger partial charge in [0, 0.05) is 22.1 Å². The number of benzene rings is 10. The van der Waals surface area contributed by atoms with Gasteiger partial charge in [-0.2, -0.15) is 0 Å². The highest BCUT2D eigenvalue weighted by Crippen LogP contribution is 2.45. The molecule has 0 N–H and O–H groups in total. The molecule has 2 heteroatoms. The topological polar surface area (TPSA) is 16.4 Å². The van der Waals surface area contributed by atoms with Crippen molar-refractivity contribution in [3.05, 3.63) is 237 Å². The van der Waals surface area contributed by atoms with Crippen LogP contribution in [0.5, 0.6) is 0 Å². The van der Waals surface area contributed by atoms with Gasteiger partial charge in [0.25, 0.3) is 0 Å². The number of fused-ring (bicyclic) bond motifs is 4. The van der Waals surface area contributed by atoms with E-state index >= 15 is 0 Å². The first-order valence-corrected chi connectivity index (χ1v) is 20.5. The van der Waals surface area contributed by atoms with E-state index in [4.69, 9.17) is 4.42 Å². The van der Waals surface area contributed by atoms with Crippen LogP contribution in [0, 0.1) is 0 Å². The Morgan fingerprint density at radius 2 is 0.767 bits per heavy atom. The van der Waals surface area contributed by atoms with Crippen LogP contribution in [0.25, 0.3) is 88.3 Å². The molecule has 0 atom stereocenters. The third-order valence-corrected chi connectivity index (χ3v) is 11.7. The van der Waals surface area contributed by atoms with Gasteiger partial charge in [-0.15, -0.1) is 0 Å². The average molecular weight is 766 g/mol. The lowest BCUT2D eigenvalue weighted by molar-refractivity contribution is 0.669. The van der Waals surface area contributed by atoms with E-state index in [0.29, 0.717) is 0 Å². The van der Waals surface area contributed by atoms with E-state index in [1.165, 1.54) is 55.3 Å². The minimum atomic E-state index is 0.857. The second-order valence-electron chi connectivity index (χ2n) is 15.2. The Morgan fingerprint density at radius 3 is 1.48 bits per heavy atom. The number of nitrogens with zero attached hydrogens (tertiary/aromatic N) is 1. The molecule has 60 heavy (non-hydrogen) atoms. The molecule has 1 heterocycles. The molecule has 0 spiro atoms. The van der Waals surface area contributed by atoms with Crippen LogP contribution in [0.1, 0.15) is 0 Å². The van der Waals surface area contributed by atoms with E-state index in [2.05, 4.69) is 235 Å². The van der Waals surface area contributed by atoms with Gasteiger partial charge in [0.1, 0.15) is 5.58 Å².